The second-order valence-corrected chi connectivity index (χ2v) is 7.41. The lowest BCUT2D eigenvalue weighted by Crippen LogP contribution is -2.50. The molecule has 3 aliphatic rings. The number of halogens is 1. The SMILES string of the molecule is CN=C(NCCOCC1CC1)NC1CCN(C2CCCC2)CC1.I. The summed E-state index contributed by atoms with van der Waals surface area (Å²) in [6, 6.07) is 1.43. The van der Waals surface area contributed by atoms with Crippen LogP contribution in [0.2, 0.25) is 0 Å². The number of likely N-dealkylation sites (tertiary alicyclic amines) is 1. The quantitative estimate of drug-likeness (QED) is 0.271. The molecule has 24 heavy (non-hydrogen) atoms. The van der Waals surface area contributed by atoms with E-state index in [1.165, 1.54) is 64.5 Å². The van der Waals surface area contributed by atoms with E-state index in [1.807, 2.05) is 7.05 Å². The summed E-state index contributed by atoms with van der Waals surface area (Å²) in [7, 11) is 1.86. The summed E-state index contributed by atoms with van der Waals surface area (Å²) >= 11 is 0. The summed E-state index contributed by atoms with van der Waals surface area (Å²) in [4.78, 5) is 7.06. The van der Waals surface area contributed by atoms with Crippen LogP contribution in [0.25, 0.3) is 0 Å². The van der Waals surface area contributed by atoms with Crippen molar-refractivity contribution in [3.63, 3.8) is 0 Å². The number of nitrogens with zero attached hydrogens (tertiary/aromatic N) is 2. The number of piperidine rings is 1. The van der Waals surface area contributed by atoms with Crippen molar-refractivity contribution in [2.45, 2.75) is 63.5 Å². The van der Waals surface area contributed by atoms with E-state index in [1.54, 1.807) is 0 Å². The van der Waals surface area contributed by atoms with Gasteiger partial charge in [0.25, 0.3) is 0 Å². The van der Waals surface area contributed by atoms with Gasteiger partial charge in [0, 0.05) is 45.4 Å². The highest BCUT2D eigenvalue weighted by molar-refractivity contribution is 14.0. The molecule has 3 rings (SSSR count). The Morgan fingerprint density at radius 1 is 1.08 bits per heavy atom. The molecule has 5 nitrogen and oxygen atoms in total. The van der Waals surface area contributed by atoms with Gasteiger partial charge in [-0.15, -0.1) is 24.0 Å². The molecule has 1 aliphatic heterocycles. The zero-order valence-corrected chi connectivity index (χ0v) is 17.5. The molecule has 2 aliphatic carbocycles. The Kier molecular flexibility index (Phi) is 9.11. The molecular weight excluding hydrogens is 415 g/mol. The highest BCUT2D eigenvalue weighted by atomic mass is 127. The maximum atomic E-state index is 5.66. The van der Waals surface area contributed by atoms with Gasteiger partial charge in [0.15, 0.2) is 5.96 Å². The predicted octanol–water partition coefficient (Wildman–Crippen LogP) is 2.60. The third-order valence-electron chi connectivity index (χ3n) is 5.52. The Labute approximate surface area is 164 Å². The van der Waals surface area contributed by atoms with Crippen LogP contribution >= 0.6 is 24.0 Å². The van der Waals surface area contributed by atoms with Gasteiger partial charge in [0.1, 0.15) is 0 Å². The average Bonchev–Trinajstić information content (AvgIpc) is 3.24. The van der Waals surface area contributed by atoms with Crippen LogP contribution in [0.1, 0.15) is 51.4 Å². The number of hydrogen-bond acceptors (Lipinski definition) is 3. The van der Waals surface area contributed by atoms with Gasteiger partial charge in [-0.25, -0.2) is 0 Å². The number of ether oxygens (including phenoxy) is 1. The van der Waals surface area contributed by atoms with Gasteiger partial charge in [-0.1, -0.05) is 12.8 Å². The fraction of sp³-hybridized carbons (Fsp3) is 0.944. The molecule has 0 spiro atoms. The van der Waals surface area contributed by atoms with Gasteiger partial charge in [-0.3, -0.25) is 4.99 Å². The summed E-state index contributed by atoms with van der Waals surface area (Å²) in [5.74, 6) is 1.77. The van der Waals surface area contributed by atoms with Gasteiger partial charge in [0.05, 0.1) is 6.61 Å². The summed E-state index contributed by atoms with van der Waals surface area (Å²) < 4.78 is 5.66. The van der Waals surface area contributed by atoms with E-state index in [2.05, 4.69) is 20.5 Å². The smallest absolute Gasteiger partial charge is 0.191 e. The summed E-state index contributed by atoms with van der Waals surface area (Å²) in [5.41, 5.74) is 0. The lowest BCUT2D eigenvalue weighted by atomic mass is 10.0. The van der Waals surface area contributed by atoms with Gasteiger partial charge >= 0.3 is 0 Å². The predicted molar refractivity (Wildman–Crippen MR) is 110 cm³/mol. The molecule has 0 atom stereocenters. The Bertz CT molecular complexity index is 375. The van der Waals surface area contributed by atoms with E-state index in [0.717, 1.165) is 37.7 Å². The Balaban J connectivity index is 0.00000208. The standard InChI is InChI=1S/C18H34N4O.HI/c1-19-18(20-10-13-23-14-15-6-7-15)21-16-8-11-22(12-9-16)17-4-2-3-5-17;/h15-17H,2-14H2,1H3,(H2,19,20,21);1H. The molecule has 6 heteroatoms. The minimum atomic E-state index is 0. The Morgan fingerprint density at radius 2 is 1.79 bits per heavy atom. The first-order valence-electron chi connectivity index (χ1n) is 9.64. The molecule has 0 aromatic heterocycles. The van der Waals surface area contributed by atoms with Crippen molar-refractivity contribution in [2.24, 2.45) is 10.9 Å². The van der Waals surface area contributed by atoms with Crippen LogP contribution < -0.4 is 10.6 Å². The van der Waals surface area contributed by atoms with Crippen molar-refractivity contribution in [3.8, 4) is 0 Å². The van der Waals surface area contributed by atoms with Crippen molar-refractivity contribution in [2.75, 3.05) is 39.9 Å². The van der Waals surface area contributed by atoms with Crippen LogP contribution in [0.4, 0.5) is 0 Å². The Hall–Kier alpha value is -0.0800. The molecular formula is C18H35IN4O. The van der Waals surface area contributed by atoms with Gasteiger partial charge in [-0.05, 0) is 44.4 Å². The fourth-order valence-electron chi connectivity index (χ4n) is 3.84. The fourth-order valence-corrected chi connectivity index (χ4v) is 3.84. The number of nitrogens with one attached hydrogen (secondary N) is 2. The molecule has 0 radical (unpaired) electrons. The van der Waals surface area contributed by atoms with Crippen molar-refractivity contribution in [1.29, 1.82) is 0 Å². The second-order valence-electron chi connectivity index (χ2n) is 7.41. The maximum Gasteiger partial charge on any atom is 0.191 e. The number of rotatable bonds is 7. The normalized spacial score (nSPS) is 24.0. The molecule has 0 aromatic carbocycles. The van der Waals surface area contributed by atoms with Crippen LogP contribution in [0.3, 0.4) is 0 Å². The summed E-state index contributed by atoms with van der Waals surface area (Å²) in [6.07, 6.45) is 10.9. The highest BCUT2D eigenvalue weighted by Crippen LogP contribution is 2.28. The van der Waals surface area contributed by atoms with Crippen LogP contribution in [-0.2, 0) is 4.74 Å². The molecule has 0 bridgehead atoms. The van der Waals surface area contributed by atoms with E-state index < -0.39 is 0 Å². The van der Waals surface area contributed by atoms with E-state index in [4.69, 9.17) is 4.74 Å². The lowest BCUT2D eigenvalue weighted by molar-refractivity contribution is 0.128. The first kappa shape index (κ1) is 20.2. The highest BCUT2D eigenvalue weighted by Gasteiger charge is 2.27. The first-order valence-corrected chi connectivity index (χ1v) is 9.64. The minimum absolute atomic E-state index is 0. The molecule has 0 aromatic rings. The van der Waals surface area contributed by atoms with Crippen molar-refractivity contribution in [3.05, 3.63) is 0 Å². The monoisotopic (exact) mass is 450 g/mol. The molecule has 2 saturated carbocycles. The Morgan fingerprint density at radius 3 is 2.42 bits per heavy atom. The summed E-state index contributed by atoms with van der Waals surface area (Å²) in [6.45, 7) is 5.03. The molecule has 1 saturated heterocycles. The third-order valence-corrected chi connectivity index (χ3v) is 5.52. The zero-order chi connectivity index (χ0) is 15.9. The molecule has 0 unspecified atom stereocenters. The average molecular weight is 450 g/mol. The second kappa shape index (κ2) is 10.8. The van der Waals surface area contributed by atoms with Gasteiger partial charge in [0.2, 0.25) is 0 Å². The molecule has 2 N–H and O–H groups in total. The maximum absolute atomic E-state index is 5.66. The van der Waals surface area contributed by atoms with E-state index in [9.17, 15) is 0 Å². The largest absolute Gasteiger partial charge is 0.379 e. The number of aliphatic imine (C=N–C) groups is 1. The van der Waals surface area contributed by atoms with Crippen LogP contribution in [0.5, 0.6) is 0 Å². The van der Waals surface area contributed by atoms with E-state index in [0.29, 0.717) is 6.04 Å². The summed E-state index contributed by atoms with van der Waals surface area (Å²) in [5, 5.41) is 6.96. The van der Waals surface area contributed by atoms with Gasteiger partial charge < -0.3 is 20.3 Å². The van der Waals surface area contributed by atoms with Crippen LogP contribution in [-0.4, -0.2) is 62.8 Å². The topological polar surface area (TPSA) is 48.9 Å². The van der Waals surface area contributed by atoms with Gasteiger partial charge in [-0.2, -0.15) is 0 Å². The van der Waals surface area contributed by atoms with Crippen LogP contribution in [0, 0.1) is 5.92 Å². The third kappa shape index (κ3) is 6.67. The molecule has 1 heterocycles. The molecule has 140 valence electrons. The molecule has 0 amide bonds. The van der Waals surface area contributed by atoms with Crippen molar-refractivity contribution >= 4 is 29.9 Å². The number of hydrogen-bond donors (Lipinski definition) is 2. The van der Waals surface area contributed by atoms with Crippen molar-refractivity contribution < 1.29 is 4.74 Å². The first-order chi connectivity index (χ1) is 11.3. The van der Waals surface area contributed by atoms with Crippen molar-refractivity contribution in [1.82, 2.24) is 15.5 Å². The number of guanidine groups is 1. The molecule has 3 fully saturated rings. The van der Waals surface area contributed by atoms with Crippen LogP contribution in [0.15, 0.2) is 4.99 Å². The zero-order valence-electron chi connectivity index (χ0n) is 15.1. The van der Waals surface area contributed by atoms with E-state index >= 15 is 0 Å². The van der Waals surface area contributed by atoms with E-state index in [-0.39, 0.29) is 24.0 Å². The minimum Gasteiger partial charge on any atom is -0.379 e. The lowest BCUT2D eigenvalue weighted by Gasteiger charge is -2.36.